The summed E-state index contributed by atoms with van der Waals surface area (Å²) in [5, 5.41) is 18.9. The van der Waals surface area contributed by atoms with Gasteiger partial charge >= 0.3 is 12.0 Å². The van der Waals surface area contributed by atoms with E-state index in [1.165, 1.54) is 0 Å². The second kappa shape index (κ2) is 7.10. The fraction of sp³-hybridized carbons (Fsp3) is 0.643. The minimum absolute atomic E-state index is 0.0791. The first-order valence-electron chi connectivity index (χ1n) is 7.30. The Morgan fingerprint density at radius 3 is 2.67 bits per heavy atom. The maximum absolute atomic E-state index is 11.8. The van der Waals surface area contributed by atoms with Gasteiger partial charge in [-0.3, -0.25) is 9.48 Å². The van der Waals surface area contributed by atoms with Crippen molar-refractivity contribution in [2.75, 3.05) is 6.54 Å². The summed E-state index contributed by atoms with van der Waals surface area (Å²) in [4.78, 5) is 22.6. The van der Waals surface area contributed by atoms with Crippen molar-refractivity contribution < 1.29 is 14.7 Å². The first kappa shape index (κ1) is 15.3. The number of rotatable bonds is 5. The van der Waals surface area contributed by atoms with Crippen molar-refractivity contribution in [2.24, 2.45) is 13.0 Å². The minimum atomic E-state index is -0.728. The summed E-state index contributed by atoms with van der Waals surface area (Å²) in [6.45, 7) is 0.535. The van der Waals surface area contributed by atoms with Gasteiger partial charge in [-0.25, -0.2) is 4.79 Å². The van der Waals surface area contributed by atoms with Gasteiger partial charge in [-0.2, -0.15) is 5.10 Å². The molecule has 116 valence electrons. The molecule has 1 aliphatic rings. The van der Waals surface area contributed by atoms with Gasteiger partial charge in [-0.1, -0.05) is 0 Å². The van der Waals surface area contributed by atoms with Crippen LogP contribution in [-0.4, -0.2) is 39.5 Å². The first-order chi connectivity index (χ1) is 10.0. The highest BCUT2D eigenvalue weighted by Crippen LogP contribution is 2.24. The highest BCUT2D eigenvalue weighted by atomic mass is 16.4. The van der Waals surface area contributed by atoms with Gasteiger partial charge in [0, 0.05) is 32.3 Å². The van der Waals surface area contributed by atoms with Crippen molar-refractivity contribution in [2.45, 2.75) is 38.1 Å². The van der Waals surface area contributed by atoms with Crippen LogP contribution in [0.1, 0.15) is 31.4 Å². The standard InChI is InChI=1S/C14H22N4O3/c1-18-9-7-12(17-18)6-8-15-14(21)16-11-4-2-10(3-5-11)13(19)20/h7,9-11H,2-6,8H2,1H3,(H,19,20)(H2,15,16,21). The number of aryl methyl sites for hydroxylation is 1. The summed E-state index contributed by atoms with van der Waals surface area (Å²) in [7, 11) is 1.86. The predicted octanol–water partition coefficient (Wildman–Crippen LogP) is 0.905. The lowest BCUT2D eigenvalue weighted by atomic mass is 9.86. The number of aromatic nitrogens is 2. The number of carbonyl (C=O) groups excluding carboxylic acids is 1. The molecule has 0 atom stereocenters. The van der Waals surface area contributed by atoms with E-state index >= 15 is 0 Å². The minimum Gasteiger partial charge on any atom is -0.481 e. The first-order valence-corrected chi connectivity index (χ1v) is 7.30. The molecular formula is C14H22N4O3. The monoisotopic (exact) mass is 294 g/mol. The van der Waals surface area contributed by atoms with Crippen molar-refractivity contribution in [1.29, 1.82) is 0 Å². The molecule has 2 rings (SSSR count). The maximum Gasteiger partial charge on any atom is 0.315 e. The van der Waals surface area contributed by atoms with Crippen LogP contribution in [0.15, 0.2) is 12.3 Å². The van der Waals surface area contributed by atoms with Crippen LogP contribution in [0.2, 0.25) is 0 Å². The van der Waals surface area contributed by atoms with Crippen molar-refractivity contribution in [3.05, 3.63) is 18.0 Å². The van der Waals surface area contributed by atoms with Gasteiger partial charge in [-0.15, -0.1) is 0 Å². The molecule has 3 N–H and O–H groups in total. The molecule has 0 saturated heterocycles. The summed E-state index contributed by atoms with van der Waals surface area (Å²) in [6.07, 6.45) is 5.29. The van der Waals surface area contributed by atoms with Crippen molar-refractivity contribution in [1.82, 2.24) is 20.4 Å². The Hall–Kier alpha value is -2.05. The molecule has 21 heavy (non-hydrogen) atoms. The van der Waals surface area contributed by atoms with E-state index in [0.29, 0.717) is 25.8 Å². The number of nitrogens with zero attached hydrogens (tertiary/aromatic N) is 2. The lowest BCUT2D eigenvalue weighted by Crippen LogP contribution is -2.44. The zero-order chi connectivity index (χ0) is 15.2. The lowest BCUT2D eigenvalue weighted by Gasteiger charge is -2.26. The van der Waals surface area contributed by atoms with Gasteiger partial charge in [0.05, 0.1) is 11.6 Å². The Morgan fingerprint density at radius 2 is 2.10 bits per heavy atom. The summed E-state index contributed by atoms with van der Waals surface area (Å²) in [5.74, 6) is -0.983. The molecule has 0 spiro atoms. The van der Waals surface area contributed by atoms with Crippen LogP contribution < -0.4 is 10.6 Å². The summed E-state index contributed by atoms with van der Waals surface area (Å²) in [5.41, 5.74) is 0.944. The van der Waals surface area contributed by atoms with Gasteiger partial charge in [0.1, 0.15) is 0 Å². The third kappa shape index (κ3) is 4.77. The number of carboxylic acid groups (broad SMARTS) is 1. The molecule has 1 fully saturated rings. The van der Waals surface area contributed by atoms with Gasteiger partial charge in [0.25, 0.3) is 0 Å². The third-order valence-corrected chi connectivity index (χ3v) is 3.85. The van der Waals surface area contributed by atoms with E-state index in [9.17, 15) is 9.59 Å². The Labute approximate surface area is 123 Å². The molecule has 0 bridgehead atoms. The van der Waals surface area contributed by atoms with Crippen LogP contribution in [-0.2, 0) is 18.3 Å². The summed E-state index contributed by atoms with van der Waals surface area (Å²) >= 11 is 0. The number of nitrogens with one attached hydrogen (secondary N) is 2. The number of amides is 2. The number of urea groups is 1. The van der Waals surface area contributed by atoms with Crippen LogP contribution in [0, 0.1) is 5.92 Å². The van der Waals surface area contributed by atoms with E-state index in [1.54, 1.807) is 4.68 Å². The Kier molecular flexibility index (Phi) is 5.19. The van der Waals surface area contributed by atoms with Gasteiger partial charge in [0.15, 0.2) is 0 Å². The number of hydrogen-bond acceptors (Lipinski definition) is 3. The molecular weight excluding hydrogens is 272 g/mol. The molecule has 0 unspecified atom stereocenters. The van der Waals surface area contributed by atoms with E-state index in [-0.39, 0.29) is 18.0 Å². The van der Waals surface area contributed by atoms with Gasteiger partial charge < -0.3 is 15.7 Å². The second-order valence-electron chi connectivity index (χ2n) is 5.52. The van der Waals surface area contributed by atoms with Gasteiger partial charge in [0.2, 0.25) is 0 Å². The zero-order valence-corrected chi connectivity index (χ0v) is 12.2. The molecule has 1 heterocycles. The number of aliphatic carboxylic acids is 1. The van der Waals surface area contributed by atoms with Gasteiger partial charge in [-0.05, 0) is 31.7 Å². The Balaban J connectivity index is 1.62. The molecule has 0 aliphatic heterocycles. The smallest absolute Gasteiger partial charge is 0.315 e. The number of carbonyl (C=O) groups is 2. The molecule has 2 amide bonds. The molecule has 1 aromatic rings. The Bertz CT molecular complexity index is 492. The highest BCUT2D eigenvalue weighted by molar-refractivity contribution is 5.74. The molecule has 7 nitrogen and oxygen atoms in total. The van der Waals surface area contributed by atoms with Crippen LogP contribution in [0.5, 0.6) is 0 Å². The fourth-order valence-corrected chi connectivity index (χ4v) is 2.62. The van der Waals surface area contributed by atoms with Crippen molar-refractivity contribution in [3.63, 3.8) is 0 Å². The van der Waals surface area contributed by atoms with Crippen molar-refractivity contribution in [3.8, 4) is 0 Å². The van der Waals surface area contributed by atoms with Crippen LogP contribution >= 0.6 is 0 Å². The van der Waals surface area contributed by atoms with Crippen LogP contribution in [0.25, 0.3) is 0 Å². The van der Waals surface area contributed by atoms with Crippen LogP contribution in [0.3, 0.4) is 0 Å². The highest BCUT2D eigenvalue weighted by Gasteiger charge is 2.26. The normalized spacial score (nSPS) is 21.8. The molecule has 7 heteroatoms. The molecule has 0 aromatic carbocycles. The van der Waals surface area contributed by atoms with E-state index in [4.69, 9.17) is 5.11 Å². The third-order valence-electron chi connectivity index (χ3n) is 3.85. The molecule has 0 radical (unpaired) electrons. The molecule has 1 aliphatic carbocycles. The van der Waals surface area contributed by atoms with E-state index in [2.05, 4.69) is 15.7 Å². The summed E-state index contributed by atoms with van der Waals surface area (Å²) in [6, 6.07) is 1.81. The largest absolute Gasteiger partial charge is 0.481 e. The fourth-order valence-electron chi connectivity index (χ4n) is 2.62. The van der Waals surface area contributed by atoms with E-state index in [0.717, 1.165) is 18.5 Å². The second-order valence-corrected chi connectivity index (χ2v) is 5.52. The number of hydrogen-bond donors (Lipinski definition) is 3. The maximum atomic E-state index is 11.8. The van der Waals surface area contributed by atoms with E-state index in [1.807, 2.05) is 19.3 Å². The SMILES string of the molecule is Cn1ccc(CCNC(=O)NC2CCC(C(=O)O)CC2)n1. The molecule has 1 aromatic heterocycles. The lowest BCUT2D eigenvalue weighted by molar-refractivity contribution is -0.142. The average Bonchev–Trinajstić information content (AvgIpc) is 2.85. The quantitative estimate of drug-likeness (QED) is 0.752. The summed E-state index contributed by atoms with van der Waals surface area (Å²) < 4.78 is 1.73. The van der Waals surface area contributed by atoms with Crippen molar-refractivity contribution >= 4 is 12.0 Å². The molecule has 1 saturated carbocycles. The predicted molar refractivity (Wildman–Crippen MR) is 76.8 cm³/mol. The average molecular weight is 294 g/mol. The number of carboxylic acids is 1. The Morgan fingerprint density at radius 1 is 1.38 bits per heavy atom. The zero-order valence-electron chi connectivity index (χ0n) is 12.2. The van der Waals surface area contributed by atoms with Crippen LogP contribution in [0.4, 0.5) is 4.79 Å². The van der Waals surface area contributed by atoms with E-state index < -0.39 is 5.97 Å². The topological polar surface area (TPSA) is 96.2 Å².